The lowest BCUT2D eigenvalue weighted by Crippen LogP contribution is -2.34. The molecule has 0 saturated carbocycles. The standard InChI is InChI=1S/C20H18N6OS/c1-20(10-15(4-6-21)28-19(23)26-20)18-9-13(5-7-24-18)8-17(27)16-3-2-14(11-22)12-25-16/h2-3,5,7,9,12,15H,4,8,10H2,1H3,(H2,23,26)/t15-,20+/m1/s1. The second-order valence-corrected chi connectivity index (χ2v) is 8.04. The SMILES string of the molecule is C[C@@]1(c2cc(CC(=O)c3ccc(C#N)cn3)ccn2)C[C@@H](CC#N)SC(N)=N1. The van der Waals surface area contributed by atoms with Crippen molar-refractivity contribution in [2.75, 3.05) is 0 Å². The zero-order valence-electron chi connectivity index (χ0n) is 15.3. The van der Waals surface area contributed by atoms with Crippen LogP contribution < -0.4 is 5.73 Å². The van der Waals surface area contributed by atoms with Crippen molar-refractivity contribution in [2.24, 2.45) is 10.7 Å². The van der Waals surface area contributed by atoms with Crippen molar-refractivity contribution in [3.63, 3.8) is 0 Å². The molecule has 0 aliphatic carbocycles. The van der Waals surface area contributed by atoms with Crippen LogP contribution in [-0.2, 0) is 12.0 Å². The highest BCUT2D eigenvalue weighted by atomic mass is 32.2. The van der Waals surface area contributed by atoms with E-state index in [1.165, 1.54) is 18.0 Å². The molecule has 0 spiro atoms. The first-order valence-corrected chi connectivity index (χ1v) is 9.55. The number of Topliss-reactive ketones (excluding diaryl/α,β-unsaturated/α-hetero) is 1. The quantitative estimate of drug-likeness (QED) is 0.777. The maximum absolute atomic E-state index is 12.5. The molecule has 0 radical (unpaired) electrons. The molecule has 0 aromatic carbocycles. The summed E-state index contributed by atoms with van der Waals surface area (Å²) in [6.07, 6.45) is 4.24. The molecule has 2 aromatic heterocycles. The summed E-state index contributed by atoms with van der Waals surface area (Å²) in [6, 6.07) is 10.9. The number of aliphatic imine (C=N–C) groups is 1. The average Bonchev–Trinajstić information content (AvgIpc) is 2.68. The van der Waals surface area contributed by atoms with Crippen molar-refractivity contribution in [3.8, 4) is 12.1 Å². The third-order valence-corrected chi connectivity index (χ3v) is 5.51. The van der Waals surface area contributed by atoms with Crippen LogP contribution in [0.3, 0.4) is 0 Å². The lowest BCUT2D eigenvalue weighted by atomic mass is 9.89. The summed E-state index contributed by atoms with van der Waals surface area (Å²) in [7, 11) is 0. The number of amidine groups is 1. The van der Waals surface area contributed by atoms with E-state index in [1.54, 1.807) is 24.4 Å². The number of rotatable bonds is 5. The summed E-state index contributed by atoms with van der Waals surface area (Å²) in [4.78, 5) is 25.6. The van der Waals surface area contributed by atoms with Gasteiger partial charge in [0.05, 0.1) is 17.3 Å². The molecule has 140 valence electrons. The number of thioether (sulfide) groups is 1. The topological polar surface area (TPSA) is 129 Å². The highest BCUT2D eigenvalue weighted by Gasteiger charge is 2.36. The summed E-state index contributed by atoms with van der Waals surface area (Å²) in [5.41, 5.74) is 7.58. The van der Waals surface area contributed by atoms with Crippen molar-refractivity contribution in [2.45, 2.75) is 37.0 Å². The Bertz CT molecular complexity index is 1000. The Morgan fingerprint density at radius 2 is 2.18 bits per heavy atom. The molecule has 0 fully saturated rings. The largest absolute Gasteiger partial charge is 0.379 e. The Labute approximate surface area is 167 Å². The van der Waals surface area contributed by atoms with E-state index in [9.17, 15) is 4.79 Å². The smallest absolute Gasteiger partial charge is 0.185 e. The van der Waals surface area contributed by atoms with Gasteiger partial charge in [-0.2, -0.15) is 10.5 Å². The maximum Gasteiger partial charge on any atom is 0.185 e. The molecule has 8 heteroatoms. The zero-order valence-corrected chi connectivity index (χ0v) is 16.1. The van der Waals surface area contributed by atoms with Crippen molar-refractivity contribution in [1.82, 2.24) is 9.97 Å². The number of nitrogens with two attached hydrogens (primary N) is 1. The fourth-order valence-corrected chi connectivity index (χ4v) is 4.29. The van der Waals surface area contributed by atoms with Crippen molar-refractivity contribution in [3.05, 3.63) is 59.2 Å². The predicted molar refractivity (Wildman–Crippen MR) is 106 cm³/mol. The molecule has 0 bridgehead atoms. The van der Waals surface area contributed by atoms with Crippen LogP contribution in [0, 0.1) is 22.7 Å². The van der Waals surface area contributed by atoms with Crippen molar-refractivity contribution < 1.29 is 4.79 Å². The van der Waals surface area contributed by atoms with Gasteiger partial charge in [-0.3, -0.25) is 14.8 Å². The first kappa shape index (κ1) is 19.5. The van der Waals surface area contributed by atoms with Crippen LogP contribution in [-0.4, -0.2) is 26.2 Å². The lowest BCUT2D eigenvalue weighted by Gasteiger charge is -2.33. The Balaban J connectivity index is 1.82. The number of nitrogens with zero attached hydrogens (tertiary/aromatic N) is 5. The Hall–Kier alpha value is -3.23. The lowest BCUT2D eigenvalue weighted by molar-refractivity contribution is 0.0988. The van der Waals surface area contributed by atoms with Gasteiger partial charge in [-0.15, -0.1) is 0 Å². The molecule has 2 N–H and O–H groups in total. The minimum Gasteiger partial charge on any atom is -0.379 e. The number of carbonyl (C=O) groups excluding carboxylic acids is 1. The van der Waals surface area contributed by atoms with Crippen LogP contribution in [0.2, 0.25) is 0 Å². The molecule has 0 amide bonds. The third kappa shape index (κ3) is 4.36. The fourth-order valence-electron chi connectivity index (χ4n) is 3.13. The van der Waals surface area contributed by atoms with E-state index in [0.29, 0.717) is 29.3 Å². The van der Waals surface area contributed by atoms with Crippen LogP contribution in [0.25, 0.3) is 0 Å². The second-order valence-electron chi connectivity index (χ2n) is 6.72. The van der Waals surface area contributed by atoms with Gasteiger partial charge in [-0.25, -0.2) is 4.99 Å². The van der Waals surface area contributed by atoms with Crippen molar-refractivity contribution in [1.29, 1.82) is 10.5 Å². The van der Waals surface area contributed by atoms with Crippen molar-refractivity contribution >= 4 is 22.7 Å². The summed E-state index contributed by atoms with van der Waals surface area (Å²) >= 11 is 1.42. The van der Waals surface area contributed by atoms with E-state index in [2.05, 4.69) is 21.0 Å². The van der Waals surface area contributed by atoms with Gasteiger partial charge in [0.15, 0.2) is 11.0 Å². The number of nitriles is 2. The second kappa shape index (κ2) is 8.20. The number of aromatic nitrogens is 2. The number of hydrogen-bond donors (Lipinski definition) is 1. The van der Waals surface area contributed by atoms with Gasteiger partial charge in [0.25, 0.3) is 0 Å². The van der Waals surface area contributed by atoms with Crippen LogP contribution in [0.5, 0.6) is 0 Å². The molecular formula is C20H18N6OS. The molecule has 1 aliphatic rings. The summed E-state index contributed by atoms with van der Waals surface area (Å²) in [5.74, 6) is -0.142. The fraction of sp³-hybridized carbons (Fsp3) is 0.300. The van der Waals surface area contributed by atoms with E-state index in [0.717, 1.165) is 11.3 Å². The number of pyridine rings is 2. The molecule has 2 aromatic rings. The first-order chi connectivity index (χ1) is 13.4. The molecule has 28 heavy (non-hydrogen) atoms. The van der Waals surface area contributed by atoms with Gasteiger partial charge in [0.2, 0.25) is 0 Å². The van der Waals surface area contributed by atoms with E-state index in [4.69, 9.17) is 16.3 Å². The molecule has 7 nitrogen and oxygen atoms in total. The molecular weight excluding hydrogens is 372 g/mol. The highest BCUT2D eigenvalue weighted by molar-refractivity contribution is 8.14. The molecule has 1 aliphatic heterocycles. The average molecular weight is 390 g/mol. The Morgan fingerprint density at radius 3 is 2.86 bits per heavy atom. The first-order valence-electron chi connectivity index (χ1n) is 8.67. The third-order valence-electron chi connectivity index (χ3n) is 4.51. The van der Waals surface area contributed by atoms with E-state index < -0.39 is 5.54 Å². The molecule has 3 heterocycles. The Morgan fingerprint density at radius 1 is 1.36 bits per heavy atom. The molecule has 2 atom stereocenters. The van der Waals surface area contributed by atoms with Crippen LogP contribution in [0.4, 0.5) is 0 Å². The van der Waals surface area contributed by atoms with E-state index in [-0.39, 0.29) is 17.5 Å². The molecule has 0 saturated heterocycles. The monoisotopic (exact) mass is 390 g/mol. The van der Waals surface area contributed by atoms with Gasteiger partial charge >= 0.3 is 0 Å². The normalized spacial score (nSPS) is 21.2. The van der Waals surface area contributed by atoms with Gasteiger partial charge in [-0.05, 0) is 43.2 Å². The van der Waals surface area contributed by atoms with Crippen LogP contribution in [0.15, 0.2) is 41.7 Å². The van der Waals surface area contributed by atoms with E-state index >= 15 is 0 Å². The summed E-state index contributed by atoms with van der Waals surface area (Å²) in [6.45, 7) is 1.94. The van der Waals surface area contributed by atoms with E-state index in [1.807, 2.05) is 19.1 Å². The van der Waals surface area contributed by atoms with Gasteiger partial charge in [-0.1, -0.05) is 11.8 Å². The number of hydrogen-bond acceptors (Lipinski definition) is 8. The molecule has 3 rings (SSSR count). The van der Waals surface area contributed by atoms with Gasteiger partial charge < -0.3 is 5.73 Å². The summed E-state index contributed by atoms with van der Waals surface area (Å²) < 4.78 is 0. The minimum absolute atomic E-state index is 0.0578. The summed E-state index contributed by atoms with van der Waals surface area (Å²) in [5, 5.41) is 18.3. The molecule has 0 unspecified atom stereocenters. The zero-order chi connectivity index (χ0) is 20.1. The number of carbonyl (C=O) groups is 1. The van der Waals surface area contributed by atoms with Gasteiger partial charge in [0.1, 0.15) is 17.3 Å². The maximum atomic E-state index is 12.5. The van der Waals surface area contributed by atoms with Crippen LogP contribution >= 0.6 is 11.8 Å². The van der Waals surface area contributed by atoms with Gasteiger partial charge in [0, 0.05) is 30.5 Å². The Kier molecular flexibility index (Phi) is 5.72. The number of ketones is 1. The van der Waals surface area contributed by atoms with Crippen LogP contribution in [0.1, 0.15) is 47.1 Å². The minimum atomic E-state index is -0.636. The highest BCUT2D eigenvalue weighted by Crippen LogP contribution is 2.39. The predicted octanol–water partition coefficient (Wildman–Crippen LogP) is 2.72.